The van der Waals surface area contributed by atoms with Crippen LogP contribution >= 0.6 is 0 Å². The molecule has 0 unspecified atom stereocenters. The fraction of sp³-hybridized carbons (Fsp3) is 0.455. The third-order valence-corrected chi connectivity index (χ3v) is 1.85. The molecular weight excluding hydrogens is 162 g/mol. The molecule has 0 aliphatic rings. The normalized spacial score (nSPS) is 10.5. The molecule has 0 aromatic heterocycles. The molecule has 1 aromatic carbocycles. The van der Waals surface area contributed by atoms with Crippen molar-refractivity contribution in [3.8, 4) is 5.75 Å². The SMILES string of the molecule is Cc1ccc(CN)cc1OC(C)C. The Hall–Kier alpha value is -1.02. The second kappa shape index (κ2) is 4.28. The zero-order valence-electron chi connectivity index (χ0n) is 8.50. The van der Waals surface area contributed by atoms with E-state index in [1.807, 2.05) is 39.0 Å². The van der Waals surface area contributed by atoms with Crippen molar-refractivity contribution in [1.82, 2.24) is 0 Å². The Morgan fingerprint density at radius 3 is 2.62 bits per heavy atom. The van der Waals surface area contributed by atoms with Crippen LogP contribution in [0.2, 0.25) is 0 Å². The van der Waals surface area contributed by atoms with Crippen molar-refractivity contribution in [3.63, 3.8) is 0 Å². The molecule has 2 heteroatoms. The Morgan fingerprint density at radius 1 is 1.38 bits per heavy atom. The van der Waals surface area contributed by atoms with Crippen molar-refractivity contribution in [2.45, 2.75) is 33.4 Å². The van der Waals surface area contributed by atoms with E-state index in [-0.39, 0.29) is 6.10 Å². The van der Waals surface area contributed by atoms with Crippen molar-refractivity contribution >= 4 is 0 Å². The van der Waals surface area contributed by atoms with E-state index < -0.39 is 0 Å². The molecule has 13 heavy (non-hydrogen) atoms. The van der Waals surface area contributed by atoms with Crippen LogP contribution in [0.25, 0.3) is 0 Å². The van der Waals surface area contributed by atoms with E-state index in [9.17, 15) is 0 Å². The molecule has 0 fully saturated rings. The van der Waals surface area contributed by atoms with Crippen molar-refractivity contribution in [1.29, 1.82) is 0 Å². The Morgan fingerprint density at radius 2 is 2.08 bits per heavy atom. The van der Waals surface area contributed by atoms with Gasteiger partial charge in [-0.2, -0.15) is 0 Å². The summed E-state index contributed by atoms with van der Waals surface area (Å²) < 4.78 is 5.63. The smallest absolute Gasteiger partial charge is 0.122 e. The average molecular weight is 179 g/mol. The maximum Gasteiger partial charge on any atom is 0.122 e. The van der Waals surface area contributed by atoms with Crippen LogP contribution in [0.1, 0.15) is 25.0 Å². The molecule has 2 N–H and O–H groups in total. The molecule has 2 nitrogen and oxygen atoms in total. The van der Waals surface area contributed by atoms with E-state index in [1.54, 1.807) is 0 Å². The fourth-order valence-corrected chi connectivity index (χ4v) is 1.15. The summed E-state index contributed by atoms with van der Waals surface area (Å²) in [6.45, 7) is 6.65. The van der Waals surface area contributed by atoms with E-state index in [4.69, 9.17) is 10.5 Å². The van der Waals surface area contributed by atoms with Gasteiger partial charge in [0.2, 0.25) is 0 Å². The summed E-state index contributed by atoms with van der Waals surface area (Å²) >= 11 is 0. The summed E-state index contributed by atoms with van der Waals surface area (Å²) in [6, 6.07) is 6.08. The van der Waals surface area contributed by atoms with Crippen LogP contribution in [-0.2, 0) is 6.54 Å². The number of benzene rings is 1. The number of hydrogen-bond acceptors (Lipinski definition) is 2. The van der Waals surface area contributed by atoms with E-state index in [2.05, 4.69) is 0 Å². The van der Waals surface area contributed by atoms with Gasteiger partial charge in [0, 0.05) is 6.54 Å². The van der Waals surface area contributed by atoms with Gasteiger partial charge in [-0.25, -0.2) is 0 Å². The van der Waals surface area contributed by atoms with Gasteiger partial charge in [0.25, 0.3) is 0 Å². The largest absolute Gasteiger partial charge is 0.491 e. The second-order valence-corrected chi connectivity index (χ2v) is 3.47. The molecule has 0 saturated carbocycles. The summed E-state index contributed by atoms with van der Waals surface area (Å²) in [6.07, 6.45) is 0.215. The zero-order valence-corrected chi connectivity index (χ0v) is 8.50. The van der Waals surface area contributed by atoms with Gasteiger partial charge >= 0.3 is 0 Å². The molecule has 0 spiro atoms. The first-order chi connectivity index (χ1) is 6.13. The Balaban J connectivity index is 2.90. The van der Waals surface area contributed by atoms with Crippen molar-refractivity contribution in [3.05, 3.63) is 29.3 Å². The predicted molar refractivity (Wildman–Crippen MR) is 54.8 cm³/mol. The molecule has 0 atom stereocenters. The van der Waals surface area contributed by atoms with Gasteiger partial charge in [0.05, 0.1) is 6.10 Å². The highest BCUT2D eigenvalue weighted by Gasteiger charge is 2.02. The summed E-state index contributed by atoms with van der Waals surface area (Å²) in [5.74, 6) is 0.943. The Kier molecular flexibility index (Phi) is 3.32. The summed E-state index contributed by atoms with van der Waals surface area (Å²) in [5, 5.41) is 0. The van der Waals surface area contributed by atoms with Gasteiger partial charge in [0.1, 0.15) is 5.75 Å². The molecule has 0 radical (unpaired) electrons. The number of rotatable bonds is 3. The van der Waals surface area contributed by atoms with Crippen LogP contribution in [0.4, 0.5) is 0 Å². The minimum absolute atomic E-state index is 0.215. The van der Waals surface area contributed by atoms with Crippen molar-refractivity contribution < 1.29 is 4.74 Å². The van der Waals surface area contributed by atoms with Crippen LogP contribution in [0.3, 0.4) is 0 Å². The quantitative estimate of drug-likeness (QED) is 0.772. The summed E-state index contributed by atoms with van der Waals surface area (Å²) in [7, 11) is 0. The van der Waals surface area contributed by atoms with Gasteiger partial charge < -0.3 is 10.5 Å². The van der Waals surface area contributed by atoms with Gasteiger partial charge in [-0.05, 0) is 38.0 Å². The molecule has 0 heterocycles. The minimum Gasteiger partial charge on any atom is -0.491 e. The standard InChI is InChI=1S/C11H17NO/c1-8(2)13-11-6-10(7-12)5-4-9(11)3/h4-6,8H,7,12H2,1-3H3. The molecule has 1 rings (SSSR count). The average Bonchev–Trinajstić information content (AvgIpc) is 2.08. The summed E-state index contributed by atoms with van der Waals surface area (Å²) in [4.78, 5) is 0. The molecule has 0 aliphatic heterocycles. The van der Waals surface area contributed by atoms with Gasteiger partial charge in [-0.15, -0.1) is 0 Å². The lowest BCUT2D eigenvalue weighted by Gasteiger charge is -2.13. The number of aryl methyl sites for hydroxylation is 1. The first-order valence-corrected chi connectivity index (χ1v) is 4.59. The van der Waals surface area contributed by atoms with E-state index in [0.717, 1.165) is 16.9 Å². The topological polar surface area (TPSA) is 35.2 Å². The Labute approximate surface area is 79.7 Å². The lowest BCUT2D eigenvalue weighted by molar-refractivity contribution is 0.240. The highest BCUT2D eigenvalue weighted by atomic mass is 16.5. The van der Waals surface area contributed by atoms with Crippen molar-refractivity contribution in [2.24, 2.45) is 5.73 Å². The molecule has 0 bridgehead atoms. The number of ether oxygens (including phenoxy) is 1. The molecular formula is C11H17NO. The summed E-state index contributed by atoms with van der Waals surface area (Å²) in [5.41, 5.74) is 7.81. The maximum atomic E-state index is 5.63. The first kappa shape index (κ1) is 10.1. The van der Waals surface area contributed by atoms with Crippen LogP contribution in [0.15, 0.2) is 18.2 Å². The highest BCUT2D eigenvalue weighted by Crippen LogP contribution is 2.20. The molecule has 1 aromatic rings. The second-order valence-electron chi connectivity index (χ2n) is 3.47. The minimum atomic E-state index is 0.215. The molecule has 0 aliphatic carbocycles. The van der Waals surface area contributed by atoms with E-state index in [0.29, 0.717) is 6.54 Å². The highest BCUT2D eigenvalue weighted by molar-refractivity contribution is 5.36. The predicted octanol–water partition coefficient (Wildman–Crippen LogP) is 2.24. The lowest BCUT2D eigenvalue weighted by Crippen LogP contribution is -2.07. The maximum absolute atomic E-state index is 5.63. The molecule has 0 saturated heterocycles. The van der Waals surface area contributed by atoms with Gasteiger partial charge in [-0.1, -0.05) is 12.1 Å². The monoisotopic (exact) mass is 179 g/mol. The molecule has 72 valence electrons. The lowest BCUT2D eigenvalue weighted by atomic mass is 10.1. The van der Waals surface area contributed by atoms with Crippen molar-refractivity contribution in [2.75, 3.05) is 0 Å². The van der Waals surface area contributed by atoms with Crippen LogP contribution in [0, 0.1) is 6.92 Å². The zero-order chi connectivity index (χ0) is 9.84. The van der Waals surface area contributed by atoms with Crippen LogP contribution in [0.5, 0.6) is 5.75 Å². The third-order valence-electron chi connectivity index (χ3n) is 1.85. The number of hydrogen-bond donors (Lipinski definition) is 1. The van der Waals surface area contributed by atoms with E-state index in [1.165, 1.54) is 0 Å². The third kappa shape index (κ3) is 2.74. The first-order valence-electron chi connectivity index (χ1n) is 4.59. The van der Waals surface area contributed by atoms with Crippen LogP contribution < -0.4 is 10.5 Å². The fourth-order valence-electron chi connectivity index (χ4n) is 1.15. The van der Waals surface area contributed by atoms with Gasteiger partial charge in [0.15, 0.2) is 0 Å². The van der Waals surface area contributed by atoms with Gasteiger partial charge in [-0.3, -0.25) is 0 Å². The Bertz CT molecular complexity index is 281. The van der Waals surface area contributed by atoms with Crippen LogP contribution in [-0.4, -0.2) is 6.10 Å². The number of nitrogens with two attached hydrogens (primary N) is 1. The van der Waals surface area contributed by atoms with E-state index >= 15 is 0 Å². The molecule has 0 amide bonds.